The molecule has 1 aromatic rings. The second kappa shape index (κ2) is 8.61. The monoisotopic (exact) mass is 413 g/mol. The van der Waals surface area contributed by atoms with E-state index in [1.165, 1.54) is 24.3 Å². The Bertz CT molecular complexity index is 526. The number of guanidine groups is 1. The molecule has 0 aliphatic heterocycles. The average Bonchev–Trinajstić information content (AvgIpc) is 2.36. The van der Waals surface area contributed by atoms with Gasteiger partial charge < -0.3 is 15.8 Å². The van der Waals surface area contributed by atoms with Gasteiger partial charge in [0.15, 0.2) is 11.7 Å². The zero-order valence-electron chi connectivity index (χ0n) is 11.1. The van der Waals surface area contributed by atoms with Crippen LogP contribution in [-0.4, -0.2) is 18.4 Å². The fourth-order valence-corrected chi connectivity index (χ4v) is 1.37. The Morgan fingerprint density at radius 1 is 1.48 bits per heavy atom. The third-order valence-corrected chi connectivity index (χ3v) is 2.25. The lowest BCUT2D eigenvalue weighted by Gasteiger charge is -2.14. The summed E-state index contributed by atoms with van der Waals surface area (Å²) in [5.74, 6) is 1.93. The van der Waals surface area contributed by atoms with Crippen LogP contribution in [0.3, 0.4) is 0 Å². The zero-order valence-corrected chi connectivity index (χ0v) is 13.5. The lowest BCUT2D eigenvalue weighted by molar-refractivity contribution is -0.274. The largest absolute Gasteiger partial charge is 0.573 e. The van der Waals surface area contributed by atoms with Crippen molar-refractivity contribution in [3.8, 4) is 18.1 Å². The maximum absolute atomic E-state index is 12.2. The molecule has 8 heteroatoms. The van der Waals surface area contributed by atoms with Crippen LogP contribution in [0.5, 0.6) is 5.75 Å². The highest BCUT2D eigenvalue weighted by atomic mass is 127. The number of para-hydroxylation sites is 2. The Hall–Kier alpha value is -1.63. The first-order valence-corrected chi connectivity index (χ1v) is 5.77. The highest BCUT2D eigenvalue weighted by Gasteiger charge is 2.32. The molecule has 1 rings (SSSR count). The topological polar surface area (TPSA) is 59.6 Å². The Labute approximate surface area is 138 Å². The van der Waals surface area contributed by atoms with Crippen LogP contribution in [0.25, 0.3) is 0 Å². The molecule has 0 aliphatic rings. The Balaban J connectivity index is 0.00000400. The van der Waals surface area contributed by atoms with Gasteiger partial charge in [0.2, 0.25) is 0 Å². The third-order valence-electron chi connectivity index (χ3n) is 2.25. The number of hydrogen-bond acceptors (Lipinski definition) is 2. The smallest absolute Gasteiger partial charge is 0.404 e. The van der Waals surface area contributed by atoms with Gasteiger partial charge in [-0.15, -0.1) is 43.6 Å². The van der Waals surface area contributed by atoms with Crippen LogP contribution in [0.2, 0.25) is 0 Å². The maximum Gasteiger partial charge on any atom is 0.573 e. The van der Waals surface area contributed by atoms with Crippen molar-refractivity contribution in [2.75, 3.05) is 5.32 Å². The van der Waals surface area contributed by atoms with Gasteiger partial charge in [-0.3, -0.25) is 0 Å². The van der Waals surface area contributed by atoms with E-state index in [0.717, 1.165) is 0 Å². The molecule has 0 radical (unpaired) electrons. The Morgan fingerprint density at radius 3 is 2.62 bits per heavy atom. The van der Waals surface area contributed by atoms with Gasteiger partial charge in [-0.25, -0.2) is 4.99 Å². The van der Waals surface area contributed by atoms with Crippen molar-refractivity contribution in [1.29, 1.82) is 0 Å². The van der Waals surface area contributed by atoms with Gasteiger partial charge in [0.25, 0.3) is 0 Å². The van der Waals surface area contributed by atoms with Crippen molar-refractivity contribution >= 4 is 35.6 Å². The fourth-order valence-electron chi connectivity index (χ4n) is 1.37. The van der Waals surface area contributed by atoms with Crippen molar-refractivity contribution in [3.05, 3.63) is 24.3 Å². The van der Waals surface area contributed by atoms with Gasteiger partial charge in [-0.05, 0) is 18.6 Å². The Morgan fingerprint density at radius 2 is 2.10 bits per heavy atom. The number of terminal acetylenes is 1. The molecule has 0 heterocycles. The van der Waals surface area contributed by atoms with Crippen LogP contribution in [0, 0.1) is 12.3 Å². The molecule has 1 unspecified atom stereocenters. The van der Waals surface area contributed by atoms with Crippen molar-refractivity contribution in [3.63, 3.8) is 0 Å². The summed E-state index contributed by atoms with van der Waals surface area (Å²) >= 11 is 0. The molecule has 0 aliphatic carbocycles. The highest BCUT2D eigenvalue weighted by molar-refractivity contribution is 14.0. The molecule has 1 aromatic carbocycles. The molecule has 0 spiro atoms. The summed E-state index contributed by atoms with van der Waals surface area (Å²) in [6.07, 6.45) is 1.01. The summed E-state index contributed by atoms with van der Waals surface area (Å²) in [5, 5.41) is 2.54. The van der Waals surface area contributed by atoms with Crippen LogP contribution in [0.15, 0.2) is 29.3 Å². The minimum atomic E-state index is -4.78. The van der Waals surface area contributed by atoms with Crippen LogP contribution >= 0.6 is 24.0 Å². The SMILES string of the molecule is C#CC(CC)N=C(N)Nc1ccccc1OC(F)(F)F.I. The lowest BCUT2D eigenvalue weighted by atomic mass is 10.2. The summed E-state index contributed by atoms with van der Waals surface area (Å²) in [5.41, 5.74) is 5.65. The molecule has 1 atom stereocenters. The number of nitrogens with two attached hydrogens (primary N) is 1. The van der Waals surface area contributed by atoms with Crippen LogP contribution in [-0.2, 0) is 0 Å². The summed E-state index contributed by atoms with van der Waals surface area (Å²) in [4.78, 5) is 3.96. The number of aliphatic imine (C=N–C) groups is 1. The molecule has 21 heavy (non-hydrogen) atoms. The standard InChI is InChI=1S/C13H14F3N3O.HI/c1-3-9(4-2)18-12(17)19-10-7-5-6-8-11(10)20-13(14,15)16;/h1,5-9H,4H2,2H3,(H3,17,18,19);1H. The van der Waals surface area contributed by atoms with E-state index in [9.17, 15) is 13.2 Å². The van der Waals surface area contributed by atoms with Crippen molar-refractivity contribution in [2.24, 2.45) is 10.7 Å². The van der Waals surface area contributed by atoms with Crippen LogP contribution < -0.4 is 15.8 Å². The van der Waals surface area contributed by atoms with Gasteiger partial charge >= 0.3 is 6.36 Å². The number of hydrogen-bond donors (Lipinski definition) is 2. The number of ether oxygens (including phenoxy) is 1. The van der Waals surface area contributed by atoms with E-state index < -0.39 is 18.2 Å². The Kier molecular flexibility index (Phi) is 7.94. The fraction of sp³-hybridized carbons (Fsp3) is 0.308. The molecule has 0 saturated heterocycles. The van der Waals surface area contributed by atoms with E-state index in [2.05, 4.69) is 21.0 Å². The molecule has 0 fully saturated rings. The molecule has 4 nitrogen and oxygen atoms in total. The minimum absolute atomic E-state index is 0. The number of rotatable bonds is 4. The number of halogens is 4. The van der Waals surface area contributed by atoms with Crippen LogP contribution in [0.1, 0.15) is 13.3 Å². The molecular formula is C13H15F3IN3O. The van der Waals surface area contributed by atoms with E-state index in [0.29, 0.717) is 6.42 Å². The summed E-state index contributed by atoms with van der Waals surface area (Å²) in [7, 11) is 0. The highest BCUT2D eigenvalue weighted by Crippen LogP contribution is 2.29. The van der Waals surface area contributed by atoms with Gasteiger partial charge in [0, 0.05) is 0 Å². The molecule has 116 valence electrons. The molecular weight excluding hydrogens is 398 g/mol. The minimum Gasteiger partial charge on any atom is -0.404 e. The van der Waals surface area contributed by atoms with Gasteiger partial charge in [-0.1, -0.05) is 25.0 Å². The number of anilines is 1. The van der Waals surface area contributed by atoms with Gasteiger partial charge in [-0.2, -0.15) is 0 Å². The van der Waals surface area contributed by atoms with Crippen molar-refractivity contribution in [1.82, 2.24) is 0 Å². The predicted molar refractivity (Wildman–Crippen MR) is 86.7 cm³/mol. The normalized spacial score (nSPS) is 12.8. The van der Waals surface area contributed by atoms with Gasteiger partial charge in [0.05, 0.1) is 5.69 Å². The quantitative estimate of drug-likeness (QED) is 0.345. The molecule has 0 bridgehead atoms. The molecule has 0 saturated carbocycles. The number of alkyl halides is 3. The van der Waals surface area contributed by atoms with Crippen molar-refractivity contribution < 1.29 is 17.9 Å². The first-order chi connectivity index (χ1) is 9.35. The van der Waals surface area contributed by atoms with Gasteiger partial charge in [0.1, 0.15) is 6.04 Å². The van der Waals surface area contributed by atoms with E-state index >= 15 is 0 Å². The predicted octanol–water partition coefficient (Wildman–Crippen LogP) is 3.34. The zero-order chi connectivity index (χ0) is 15.2. The summed E-state index contributed by atoms with van der Waals surface area (Å²) in [6, 6.07) is 5.08. The summed E-state index contributed by atoms with van der Waals surface area (Å²) in [6.45, 7) is 1.82. The molecule has 0 amide bonds. The maximum atomic E-state index is 12.2. The van der Waals surface area contributed by atoms with E-state index in [1.54, 1.807) is 0 Å². The number of nitrogens with one attached hydrogen (secondary N) is 1. The van der Waals surface area contributed by atoms with E-state index in [1.807, 2.05) is 6.92 Å². The van der Waals surface area contributed by atoms with Crippen LogP contribution in [0.4, 0.5) is 18.9 Å². The first kappa shape index (κ1) is 19.4. The lowest BCUT2D eigenvalue weighted by Crippen LogP contribution is -2.26. The molecule has 0 aromatic heterocycles. The second-order valence-electron chi connectivity index (χ2n) is 3.77. The van der Waals surface area contributed by atoms with E-state index in [-0.39, 0.29) is 35.6 Å². The van der Waals surface area contributed by atoms with E-state index in [4.69, 9.17) is 12.2 Å². The molecule has 3 N–H and O–H groups in total. The number of benzene rings is 1. The average molecular weight is 413 g/mol. The first-order valence-electron chi connectivity index (χ1n) is 5.77. The van der Waals surface area contributed by atoms with Crippen molar-refractivity contribution in [2.45, 2.75) is 25.7 Å². The number of nitrogens with zero attached hydrogens (tertiary/aromatic N) is 1. The summed E-state index contributed by atoms with van der Waals surface area (Å²) < 4.78 is 40.6. The third kappa shape index (κ3) is 7.08. The second-order valence-corrected chi connectivity index (χ2v) is 3.77.